The van der Waals surface area contributed by atoms with Crippen LogP contribution in [0.5, 0.6) is 0 Å². The van der Waals surface area contributed by atoms with Crippen LogP contribution in [0.25, 0.3) is 65.4 Å². The Morgan fingerprint density at radius 2 is 0.690 bits per heavy atom. The molecule has 0 amide bonds. The molecule has 0 aliphatic rings. The minimum atomic E-state index is 0.851. The standard InChI is InChI=1S/C54H40N2O2/c1-33-21-34(2)24-45(23-33)55(41-11-7-5-8-12-41)43-17-15-37-29-47-51(31-39(37)27-43)57-49-19-20-50-54(53(47)49)48-30-38-16-18-44(28-40(38)32-52(48)58-50)56(42-13-9-6-10-14-42)46-25-35(3)22-36(4)26-46/h5-32H,1-4H3. The van der Waals surface area contributed by atoms with Gasteiger partial charge in [-0.05, 0) is 181 Å². The van der Waals surface area contributed by atoms with Crippen molar-refractivity contribution in [1.29, 1.82) is 0 Å². The molecule has 0 aliphatic heterocycles. The summed E-state index contributed by atoms with van der Waals surface area (Å²) in [4.78, 5) is 4.67. The number of para-hydroxylation sites is 2. The van der Waals surface area contributed by atoms with Gasteiger partial charge >= 0.3 is 0 Å². The predicted octanol–water partition coefficient (Wildman–Crippen LogP) is 16.0. The highest BCUT2D eigenvalue weighted by molar-refractivity contribution is 6.27. The van der Waals surface area contributed by atoms with Crippen LogP contribution in [0.2, 0.25) is 0 Å². The Bertz CT molecular complexity index is 3130. The monoisotopic (exact) mass is 748 g/mol. The minimum Gasteiger partial charge on any atom is -0.456 e. The van der Waals surface area contributed by atoms with Gasteiger partial charge in [0.2, 0.25) is 0 Å². The SMILES string of the molecule is Cc1cc(C)cc(N(c2ccccc2)c2ccc3cc4c(cc3c2)oc2ccc3oc5cc6cc(N(c7ccccc7)c7cc(C)cc(C)c7)ccc6cc5c3c24)c1. The Morgan fingerprint density at radius 1 is 0.293 bits per heavy atom. The topological polar surface area (TPSA) is 32.8 Å². The quantitative estimate of drug-likeness (QED) is 0.170. The summed E-state index contributed by atoms with van der Waals surface area (Å²) >= 11 is 0. The Hall–Kier alpha value is -7.30. The smallest absolute Gasteiger partial charge is 0.136 e. The van der Waals surface area contributed by atoms with E-state index < -0.39 is 0 Å². The molecular formula is C54H40N2O2. The number of aryl methyl sites for hydroxylation is 4. The van der Waals surface area contributed by atoms with Crippen molar-refractivity contribution < 1.29 is 8.83 Å². The summed E-state index contributed by atoms with van der Waals surface area (Å²) in [5.41, 5.74) is 15.1. The molecule has 0 saturated heterocycles. The zero-order valence-electron chi connectivity index (χ0n) is 32.9. The van der Waals surface area contributed by atoms with Crippen LogP contribution in [-0.2, 0) is 0 Å². The van der Waals surface area contributed by atoms with Crippen molar-refractivity contribution in [1.82, 2.24) is 0 Å². The van der Waals surface area contributed by atoms with Gasteiger partial charge in [0.25, 0.3) is 0 Å². The number of hydrogen-bond donors (Lipinski definition) is 0. The molecule has 58 heavy (non-hydrogen) atoms. The van der Waals surface area contributed by atoms with Crippen LogP contribution in [0.3, 0.4) is 0 Å². The maximum atomic E-state index is 6.66. The average Bonchev–Trinajstić information content (AvgIpc) is 3.76. The molecule has 11 aromatic rings. The molecule has 0 bridgehead atoms. The number of benzene rings is 9. The highest BCUT2D eigenvalue weighted by Gasteiger charge is 2.20. The van der Waals surface area contributed by atoms with E-state index in [-0.39, 0.29) is 0 Å². The van der Waals surface area contributed by atoms with Crippen molar-refractivity contribution in [3.63, 3.8) is 0 Å². The lowest BCUT2D eigenvalue weighted by atomic mass is 10.00. The van der Waals surface area contributed by atoms with Crippen LogP contribution in [0, 0.1) is 27.7 Å². The van der Waals surface area contributed by atoms with E-state index in [0.29, 0.717) is 0 Å². The highest BCUT2D eigenvalue weighted by atomic mass is 16.3. The molecule has 0 radical (unpaired) electrons. The third-order valence-electron chi connectivity index (χ3n) is 11.4. The summed E-state index contributed by atoms with van der Waals surface area (Å²) in [7, 11) is 0. The van der Waals surface area contributed by atoms with Crippen LogP contribution in [0.1, 0.15) is 22.3 Å². The molecule has 4 heteroatoms. The van der Waals surface area contributed by atoms with Crippen LogP contribution in [0.4, 0.5) is 34.1 Å². The second-order valence-corrected chi connectivity index (χ2v) is 15.8. The van der Waals surface area contributed by atoms with E-state index in [2.05, 4.69) is 195 Å². The molecular weight excluding hydrogens is 709 g/mol. The summed E-state index contributed by atoms with van der Waals surface area (Å²) in [6.45, 7) is 8.63. The molecule has 4 nitrogen and oxygen atoms in total. The normalized spacial score (nSPS) is 11.8. The van der Waals surface area contributed by atoms with E-state index in [4.69, 9.17) is 8.83 Å². The van der Waals surface area contributed by atoms with Crippen LogP contribution in [0.15, 0.2) is 179 Å². The summed E-state index contributed by atoms with van der Waals surface area (Å²) in [5.74, 6) is 0. The van der Waals surface area contributed by atoms with Gasteiger partial charge in [0.15, 0.2) is 0 Å². The van der Waals surface area contributed by atoms with Gasteiger partial charge < -0.3 is 18.6 Å². The van der Waals surface area contributed by atoms with Crippen LogP contribution >= 0.6 is 0 Å². The second kappa shape index (κ2) is 13.1. The molecule has 278 valence electrons. The molecule has 0 fully saturated rings. The van der Waals surface area contributed by atoms with Gasteiger partial charge in [0.05, 0.1) is 0 Å². The Labute approximate surface area is 336 Å². The lowest BCUT2D eigenvalue weighted by Gasteiger charge is -2.26. The van der Waals surface area contributed by atoms with E-state index >= 15 is 0 Å². The van der Waals surface area contributed by atoms with Gasteiger partial charge in [-0.25, -0.2) is 0 Å². The third-order valence-corrected chi connectivity index (χ3v) is 11.4. The summed E-state index contributed by atoms with van der Waals surface area (Å²) < 4.78 is 13.3. The van der Waals surface area contributed by atoms with Gasteiger partial charge in [0.1, 0.15) is 22.3 Å². The molecule has 0 saturated carbocycles. The van der Waals surface area contributed by atoms with Gasteiger partial charge in [0, 0.05) is 55.7 Å². The first kappa shape index (κ1) is 34.0. The minimum absolute atomic E-state index is 0.851. The largest absolute Gasteiger partial charge is 0.456 e. The molecule has 2 heterocycles. The molecule has 0 N–H and O–H groups in total. The van der Waals surface area contributed by atoms with Crippen molar-refractivity contribution in [2.75, 3.05) is 9.80 Å². The molecule has 0 unspecified atom stereocenters. The Morgan fingerprint density at radius 3 is 1.09 bits per heavy atom. The van der Waals surface area contributed by atoms with Crippen LogP contribution in [-0.4, -0.2) is 0 Å². The first-order chi connectivity index (χ1) is 28.3. The van der Waals surface area contributed by atoms with Crippen molar-refractivity contribution in [2.24, 2.45) is 0 Å². The first-order valence-corrected chi connectivity index (χ1v) is 19.9. The van der Waals surface area contributed by atoms with Gasteiger partial charge in [-0.2, -0.15) is 0 Å². The first-order valence-electron chi connectivity index (χ1n) is 19.9. The van der Waals surface area contributed by atoms with Crippen molar-refractivity contribution >= 4 is 99.5 Å². The molecule has 9 aromatic carbocycles. The number of rotatable bonds is 6. The summed E-state index contributed by atoms with van der Waals surface area (Å²) in [6, 6.07) is 61.1. The van der Waals surface area contributed by atoms with E-state index in [0.717, 1.165) is 99.5 Å². The lowest BCUT2D eigenvalue weighted by Crippen LogP contribution is -2.10. The second-order valence-electron chi connectivity index (χ2n) is 15.8. The Balaban J connectivity index is 1.05. The number of furan rings is 2. The molecule has 2 aromatic heterocycles. The number of nitrogens with zero attached hydrogens (tertiary/aromatic N) is 2. The molecule has 11 rings (SSSR count). The highest BCUT2D eigenvalue weighted by Crippen LogP contribution is 2.44. The molecule has 0 aliphatic carbocycles. The number of fused-ring (bicyclic) bond motifs is 9. The molecule has 0 atom stereocenters. The fourth-order valence-corrected chi connectivity index (χ4v) is 9.08. The maximum absolute atomic E-state index is 6.66. The fraction of sp³-hybridized carbons (Fsp3) is 0.0741. The third kappa shape index (κ3) is 5.68. The molecule has 0 spiro atoms. The van der Waals surface area contributed by atoms with Crippen molar-refractivity contribution in [2.45, 2.75) is 27.7 Å². The predicted molar refractivity (Wildman–Crippen MR) is 244 cm³/mol. The number of anilines is 6. The van der Waals surface area contributed by atoms with Gasteiger partial charge in [-0.15, -0.1) is 0 Å². The van der Waals surface area contributed by atoms with Gasteiger partial charge in [-0.3, -0.25) is 0 Å². The van der Waals surface area contributed by atoms with Crippen molar-refractivity contribution in [3.8, 4) is 0 Å². The summed E-state index contributed by atoms with van der Waals surface area (Å²) in [5, 5.41) is 8.88. The summed E-state index contributed by atoms with van der Waals surface area (Å²) in [6.07, 6.45) is 0. The Kier molecular flexibility index (Phi) is 7.70. The van der Waals surface area contributed by atoms with E-state index in [1.807, 2.05) is 12.1 Å². The zero-order chi connectivity index (χ0) is 39.1. The maximum Gasteiger partial charge on any atom is 0.136 e. The van der Waals surface area contributed by atoms with E-state index in [1.54, 1.807) is 0 Å². The van der Waals surface area contributed by atoms with Gasteiger partial charge in [-0.1, -0.05) is 60.7 Å². The average molecular weight is 749 g/mol. The number of hydrogen-bond acceptors (Lipinski definition) is 4. The fourth-order valence-electron chi connectivity index (χ4n) is 9.08. The lowest BCUT2D eigenvalue weighted by molar-refractivity contribution is 0.663. The van der Waals surface area contributed by atoms with E-state index in [1.165, 1.54) is 22.3 Å². The van der Waals surface area contributed by atoms with E-state index in [9.17, 15) is 0 Å². The van der Waals surface area contributed by atoms with Crippen molar-refractivity contribution in [3.05, 3.63) is 192 Å². The zero-order valence-corrected chi connectivity index (χ0v) is 32.9. The van der Waals surface area contributed by atoms with Crippen LogP contribution < -0.4 is 9.80 Å².